The van der Waals surface area contributed by atoms with E-state index in [4.69, 9.17) is 0 Å². The van der Waals surface area contributed by atoms with Gasteiger partial charge >= 0.3 is 5.97 Å². The lowest BCUT2D eigenvalue weighted by atomic mass is 10.1. The lowest BCUT2D eigenvalue weighted by Gasteiger charge is -2.24. The van der Waals surface area contributed by atoms with Gasteiger partial charge in [-0.15, -0.1) is 0 Å². The Labute approximate surface area is 139 Å². The number of rotatable bonds is 6. The van der Waals surface area contributed by atoms with Gasteiger partial charge in [-0.2, -0.15) is 10.1 Å². The van der Waals surface area contributed by atoms with Crippen LogP contribution in [0.2, 0.25) is 0 Å². The van der Waals surface area contributed by atoms with Crippen molar-refractivity contribution in [1.29, 1.82) is 0 Å². The summed E-state index contributed by atoms with van der Waals surface area (Å²) in [5, 5.41) is 14.9. The average Bonchev–Trinajstić information content (AvgIpc) is 2.71. The van der Waals surface area contributed by atoms with Crippen LogP contribution in [0.4, 0.5) is 4.39 Å². The molecule has 1 aromatic carbocycles. The number of hydrogen-bond donors (Lipinski definition) is 1. The molecule has 1 atom stereocenters. The minimum atomic E-state index is -1.04. The van der Waals surface area contributed by atoms with E-state index in [2.05, 4.69) is 10.1 Å². The fourth-order valence-electron chi connectivity index (χ4n) is 2.34. The predicted octanol–water partition coefficient (Wildman–Crippen LogP) is 2.63. The number of carbonyl (C=O) groups excluding carboxylic acids is 1. The molecule has 0 saturated heterocycles. The Bertz CT molecular complexity index is 683. The minimum Gasteiger partial charge on any atom is -0.480 e. The molecular weight excluding hydrogens is 313 g/mol. The number of halogens is 1. The molecule has 1 unspecified atom stereocenters. The van der Waals surface area contributed by atoms with Crippen LogP contribution in [0.15, 0.2) is 34.4 Å². The second kappa shape index (κ2) is 7.81. The van der Waals surface area contributed by atoms with Crippen molar-refractivity contribution in [2.24, 2.45) is 10.1 Å². The van der Waals surface area contributed by atoms with E-state index in [1.807, 2.05) is 6.92 Å². The highest BCUT2D eigenvalue weighted by molar-refractivity contribution is 6.08. The molecule has 0 saturated carbocycles. The fraction of sp³-hybridized carbons (Fsp3) is 0.412. The van der Waals surface area contributed by atoms with Gasteiger partial charge in [0.1, 0.15) is 17.7 Å². The van der Waals surface area contributed by atoms with E-state index < -0.39 is 12.0 Å². The number of hydrazone groups is 1. The van der Waals surface area contributed by atoms with Crippen molar-refractivity contribution in [3.8, 4) is 0 Å². The predicted molar refractivity (Wildman–Crippen MR) is 88.4 cm³/mol. The zero-order chi connectivity index (χ0) is 17.7. The molecule has 0 radical (unpaired) electrons. The van der Waals surface area contributed by atoms with Crippen LogP contribution in [0.3, 0.4) is 0 Å². The van der Waals surface area contributed by atoms with E-state index in [0.717, 1.165) is 5.56 Å². The zero-order valence-corrected chi connectivity index (χ0v) is 13.7. The maximum absolute atomic E-state index is 13.0. The van der Waals surface area contributed by atoms with Gasteiger partial charge in [-0.3, -0.25) is 4.79 Å². The van der Waals surface area contributed by atoms with Crippen molar-refractivity contribution in [1.82, 2.24) is 5.01 Å². The van der Waals surface area contributed by atoms with Crippen LogP contribution >= 0.6 is 0 Å². The summed E-state index contributed by atoms with van der Waals surface area (Å²) in [7, 11) is 0. The normalized spacial score (nSPS) is 16.3. The smallest absolute Gasteiger partial charge is 0.328 e. The molecule has 0 aliphatic carbocycles. The largest absolute Gasteiger partial charge is 0.480 e. The van der Waals surface area contributed by atoms with Crippen molar-refractivity contribution in [2.75, 3.05) is 0 Å². The second-order valence-corrected chi connectivity index (χ2v) is 5.60. The number of carbonyl (C=O) groups is 2. The van der Waals surface area contributed by atoms with Crippen LogP contribution in [0.25, 0.3) is 0 Å². The lowest BCUT2D eigenvalue weighted by Crippen LogP contribution is -2.40. The summed E-state index contributed by atoms with van der Waals surface area (Å²) < 4.78 is 13.0. The number of aliphatic carboxylic acids is 1. The Morgan fingerprint density at radius 1 is 1.33 bits per heavy atom. The van der Waals surface area contributed by atoms with E-state index in [0.29, 0.717) is 30.8 Å². The van der Waals surface area contributed by atoms with Crippen molar-refractivity contribution >= 4 is 23.4 Å². The molecule has 1 amide bonds. The summed E-state index contributed by atoms with van der Waals surface area (Å²) in [5.74, 6) is -1.37. The quantitative estimate of drug-likeness (QED) is 0.867. The summed E-state index contributed by atoms with van der Waals surface area (Å²) >= 11 is 0. The molecule has 0 fully saturated rings. The van der Waals surface area contributed by atoms with E-state index in [1.54, 1.807) is 12.1 Å². The first-order chi connectivity index (χ1) is 11.4. The number of hydrogen-bond acceptors (Lipinski definition) is 4. The Hall–Kier alpha value is -2.57. The maximum Gasteiger partial charge on any atom is 0.328 e. The lowest BCUT2D eigenvalue weighted by molar-refractivity contribution is -0.141. The van der Waals surface area contributed by atoms with Gasteiger partial charge in [0.15, 0.2) is 0 Å². The average molecular weight is 333 g/mol. The number of amides is 1. The number of aliphatic imine (C=N–C) groups is 1. The molecule has 24 heavy (non-hydrogen) atoms. The van der Waals surface area contributed by atoms with E-state index in [-0.39, 0.29) is 18.1 Å². The van der Waals surface area contributed by atoms with E-state index in [9.17, 15) is 19.1 Å². The van der Waals surface area contributed by atoms with Crippen LogP contribution < -0.4 is 0 Å². The number of aryl methyl sites for hydroxylation is 1. The molecule has 0 bridgehead atoms. The summed E-state index contributed by atoms with van der Waals surface area (Å²) in [4.78, 5) is 27.4. The Balaban J connectivity index is 2.24. The molecule has 1 aromatic rings. The topological polar surface area (TPSA) is 82.3 Å². The third kappa shape index (κ3) is 4.47. The Morgan fingerprint density at radius 2 is 2.00 bits per heavy atom. The van der Waals surface area contributed by atoms with Gasteiger partial charge in [0.05, 0.1) is 6.42 Å². The highest BCUT2D eigenvalue weighted by Gasteiger charge is 2.27. The third-order valence-electron chi connectivity index (χ3n) is 3.81. The molecule has 1 aliphatic heterocycles. The standard InChI is InChI=1S/C17H20FN3O3/c1-3-14-10-16(22)19-15(21(20-14)11(2)17(23)24)9-6-12-4-7-13(18)8-5-12/h4-5,7-8,11H,3,6,9-10H2,1-2H3,(H,23,24). The van der Waals surface area contributed by atoms with Crippen molar-refractivity contribution in [3.63, 3.8) is 0 Å². The van der Waals surface area contributed by atoms with Crippen LogP contribution in [-0.2, 0) is 16.0 Å². The second-order valence-electron chi connectivity index (χ2n) is 5.60. The van der Waals surface area contributed by atoms with Gasteiger partial charge in [0.2, 0.25) is 0 Å². The first kappa shape index (κ1) is 17.8. The SMILES string of the molecule is CCC1=NN(C(C)C(=O)O)C(CCc2ccc(F)cc2)=NC(=O)C1. The molecular formula is C17H20FN3O3. The number of nitrogens with zero attached hydrogens (tertiary/aromatic N) is 3. The first-order valence-electron chi connectivity index (χ1n) is 7.84. The maximum atomic E-state index is 13.0. The van der Waals surface area contributed by atoms with E-state index in [1.165, 1.54) is 24.1 Å². The van der Waals surface area contributed by atoms with Crippen LogP contribution in [0.5, 0.6) is 0 Å². The molecule has 0 aromatic heterocycles. The number of amidine groups is 1. The molecule has 1 aliphatic rings. The summed E-state index contributed by atoms with van der Waals surface area (Å²) in [6, 6.07) is 5.10. The van der Waals surface area contributed by atoms with Crippen molar-refractivity contribution in [3.05, 3.63) is 35.6 Å². The molecule has 1 N–H and O–H groups in total. The van der Waals surface area contributed by atoms with Crippen molar-refractivity contribution in [2.45, 2.75) is 45.6 Å². The van der Waals surface area contributed by atoms with Crippen molar-refractivity contribution < 1.29 is 19.1 Å². The van der Waals surface area contributed by atoms with Crippen LogP contribution in [0.1, 0.15) is 38.7 Å². The molecule has 0 spiro atoms. The third-order valence-corrected chi connectivity index (χ3v) is 3.81. The van der Waals surface area contributed by atoms with Gasteiger partial charge in [-0.1, -0.05) is 19.1 Å². The highest BCUT2D eigenvalue weighted by atomic mass is 19.1. The minimum absolute atomic E-state index is 0.0966. The summed E-state index contributed by atoms with van der Waals surface area (Å²) in [6.07, 6.45) is 1.50. The number of carboxylic acids is 1. The number of carboxylic acid groups (broad SMARTS) is 1. The molecule has 128 valence electrons. The highest BCUT2D eigenvalue weighted by Crippen LogP contribution is 2.15. The summed E-state index contributed by atoms with van der Waals surface area (Å²) in [5.41, 5.74) is 1.48. The molecule has 7 heteroatoms. The Morgan fingerprint density at radius 3 is 2.58 bits per heavy atom. The molecule has 2 rings (SSSR count). The van der Waals surface area contributed by atoms with Crippen LogP contribution in [-0.4, -0.2) is 39.6 Å². The van der Waals surface area contributed by atoms with Gasteiger partial charge in [0.25, 0.3) is 5.91 Å². The monoisotopic (exact) mass is 333 g/mol. The van der Waals surface area contributed by atoms with E-state index >= 15 is 0 Å². The first-order valence-corrected chi connectivity index (χ1v) is 7.84. The fourth-order valence-corrected chi connectivity index (χ4v) is 2.34. The number of benzene rings is 1. The summed E-state index contributed by atoms with van der Waals surface area (Å²) in [6.45, 7) is 3.36. The van der Waals surface area contributed by atoms with Gasteiger partial charge in [-0.05, 0) is 37.5 Å². The van der Waals surface area contributed by atoms with Gasteiger partial charge in [-0.25, -0.2) is 14.2 Å². The molecule has 6 nitrogen and oxygen atoms in total. The van der Waals surface area contributed by atoms with Gasteiger partial charge < -0.3 is 5.11 Å². The Kier molecular flexibility index (Phi) is 5.78. The van der Waals surface area contributed by atoms with Gasteiger partial charge in [0, 0.05) is 12.1 Å². The molecule has 1 heterocycles. The van der Waals surface area contributed by atoms with Crippen LogP contribution in [0, 0.1) is 5.82 Å². The zero-order valence-electron chi connectivity index (χ0n) is 13.7.